The Morgan fingerprint density at radius 2 is 2.11 bits per heavy atom. The molecule has 1 amide bonds. The zero-order valence-electron chi connectivity index (χ0n) is 17.0. The zero-order valence-corrected chi connectivity index (χ0v) is 17.0. The summed E-state index contributed by atoms with van der Waals surface area (Å²) in [7, 11) is 0. The molecule has 3 saturated heterocycles. The molecule has 1 N–H and O–H groups in total. The number of aryl methyl sites for hydroxylation is 1. The van der Waals surface area contributed by atoms with Gasteiger partial charge in [0.15, 0.2) is 0 Å². The summed E-state index contributed by atoms with van der Waals surface area (Å²) in [5, 5.41) is 3.33. The number of anilines is 1. The average Bonchev–Trinajstić information content (AvgIpc) is 3.27. The van der Waals surface area contributed by atoms with Crippen LogP contribution in [0.4, 0.5) is 5.82 Å². The number of amides is 1. The summed E-state index contributed by atoms with van der Waals surface area (Å²) in [5.41, 5.74) is 1.21. The maximum Gasteiger partial charge on any atom is 0.223 e. The van der Waals surface area contributed by atoms with Gasteiger partial charge in [-0.2, -0.15) is 0 Å². The summed E-state index contributed by atoms with van der Waals surface area (Å²) < 4.78 is 6.57. The predicted octanol–water partition coefficient (Wildman–Crippen LogP) is 3.46. The van der Waals surface area contributed by atoms with Crippen molar-refractivity contribution in [1.82, 2.24) is 10.3 Å². The molecule has 4 atom stereocenters. The highest BCUT2D eigenvalue weighted by Gasteiger charge is 2.63. The second-order valence-corrected chi connectivity index (χ2v) is 9.49. The normalized spacial score (nSPS) is 35.0. The number of rotatable bonds is 4. The van der Waals surface area contributed by atoms with E-state index in [1.54, 1.807) is 0 Å². The van der Waals surface area contributed by atoms with Crippen molar-refractivity contribution in [1.29, 1.82) is 0 Å². The van der Waals surface area contributed by atoms with E-state index in [4.69, 9.17) is 4.74 Å². The summed E-state index contributed by atoms with van der Waals surface area (Å²) in [6, 6.07) is 4.14. The number of carbonyl (C=O) groups is 1. The Kier molecular flexibility index (Phi) is 4.82. The first-order chi connectivity index (χ1) is 13.7. The van der Waals surface area contributed by atoms with Gasteiger partial charge in [-0.1, -0.05) is 31.7 Å². The Hall–Kier alpha value is -1.62. The summed E-state index contributed by atoms with van der Waals surface area (Å²) in [6.07, 6.45) is 11.6. The van der Waals surface area contributed by atoms with E-state index in [1.165, 1.54) is 31.2 Å². The minimum absolute atomic E-state index is 0.0215. The van der Waals surface area contributed by atoms with E-state index in [2.05, 4.69) is 28.2 Å². The van der Waals surface area contributed by atoms with Crippen molar-refractivity contribution in [3.8, 4) is 0 Å². The number of nitrogens with one attached hydrogen (secondary N) is 1. The second-order valence-electron chi connectivity index (χ2n) is 9.49. The predicted molar refractivity (Wildman–Crippen MR) is 109 cm³/mol. The van der Waals surface area contributed by atoms with Gasteiger partial charge in [-0.05, 0) is 44.2 Å². The van der Waals surface area contributed by atoms with Crippen LogP contribution in [0.2, 0.25) is 0 Å². The molecule has 2 bridgehead atoms. The fourth-order valence-electron chi connectivity index (χ4n) is 6.34. The van der Waals surface area contributed by atoms with Crippen LogP contribution < -0.4 is 10.2 Å². The third kappa shape index (κ3) is 3.12. The van der Waals surface area contributed by atoms with E-state index in [9.17, 15) is 4.79 Å². The molecule has 5 nitrogen and oxygen atoms in total. The molecule has 5 heteroatoms. The van der Waals surface area contributed by atoms with Crippen molar-refractivity contribution in [3.63, 3.8) is 0 Å². The van der Waals surface area contributed by atoms with E-state index in [0.29, 0.717) is 17.9 Å². The van der Waals surface area contributed by atoms with Crippen molar-refractivity contribution in [2.75, 3.05) is 24.5 Å². The molecule has 5 rings (SSSR count). The highest BCUT2D eigenvalue weighted by molar-refractivity contribution is 5.78. The quantitative estimate of drug-likeness (QED) is 0.809. The van der Waals surface area contributed by atoms with E-state index in [1.807, 2.05) is 12.3 Å². The van der Waals surface area contributed by atoms with Crippen LogP contribution in [0.15, 0.2) is 18.3 Å². The molecule has 1 aromatic rings. The number of hydrogen-bond donors (Lipinski definition) is 1. The number of pyridine rings is 1. The Bertz CT molecular complexity index is 730. The van der Waals surface area contributed by atoms with E-state index >= 15 is 0 Å². The molecule has 4 fully saturated rings. The van der Waals surface area contributed by atoms with Gasteiger partial charge in [-0.25, -0.2) is 4.98 Å². The van der Waals surface area contributed by atoms with Crippen LogP contribution in [0, 0.1) is 24.7 Å². The van der Waals surface area contributed by atoms with Crippen molar-refractivity contribution >= 4 is 11.7 Å². The molecule has 4 aliphatic rings. The number of carbonyl (C=O) groups excluding carboxylic acids is 1. The van der Waals surface area contributed by atoms with Gasteiger partial charge in [0, 0.05) is 43.6 Å². The van der Waals surface area contributed by atoms with Gasteiger partial charge in [0.2, 0.25) is 5.91 Å². The maximum absolute atomic E-state index is 12.8. The summed E-state index contributed by atoms with van der Waals surface area (Å²) >= 11 is 0. The third-order valence-corrected chi connectivity index (χ3v) is 7.80. The largest absolute Gasteiger partial charge is 0.369 e. The highest BCUT2D eigenvalue weighted by Crippen LogP contribution is 2.55. The van der Waals surface area contributed by atoms with Crippen molar-refractivity contribution < 1.29 is 9.53 Å². The van der Waals surface area contributed by atoms with Gasteiger partial charge in [0.1, 0.15) is 5.82 Å². The minimum Gasteiger partial charge on any atom is -0.369 e. The van der Waals surface area contributed by atoms with Gasteiger partial charge in [0.05, 0.1) is 11.7 Å². The topological polar surface area (TPSA) is 54.5 Å². The molecular weight excluding hydrogens is 350 g/mol. The molecular formula is C23H33N3O2. The molecule has 1 aromatic heterocycles. The smallest absolute Gasteiger partial charge is 0.223 e. The van der Waals surface area contributed by atoms with Gasteiger partial charge in [0.25, 0.3) is 0 Å². The monoisotopic (exact) mass is 383 g/mol. The van der Waals surface area contributed by atoms with E-state index in [0.717, 1.165) is 51.1 Å². The highest BCUT2D eigenvalue weighted by atomic mass is 16.5. The van der Waals surface area contributed by atoms with Gasteiger partial charge >= 0.3 is 0 Å². The molecule has 3 aliphatic heterocycles. The van der Waals surface area contributed by atoms with Crippen LogP contribution in [0.25, 0.3) is 0 Å². The molecule has 1 aliphatic carbocycles. The number of fused-ring (bicyclic) bond motifs is 1. The SMILES string of the molecule is Cc1cccnc1N1C[C@@H]2[C@H](CNC(=O)C3CCCCCC3)[C@H]3CC[C@]2(C1)O3. The lowest BCUT2D eigenvalue weighted by atomic mass is 9.73. The van der Waals surface area contributed by atoms with Crippen molar-refractivity contribution in [3.05, 3.63) is 23.9 Å². The van der Waals surface area contributed by atoms with Crippen LogP contribution in [-0.4, -0.2) is 42.2 Å². The Morgan fingerprint density at radius 1 is 1.29 bits per heavy atom. The van der Waals surface area contributed by atoms with Crippen LogP contribution in [-0.2, 0) is 9.53 Å². The van der Waals surface area contributed by atoms with Crippen LogP contribution in [0.1, 0.15) is 56.9 Å². The first kappa shape index (κ1) is 18.4. The molecule has 152 valence electrons. The molecule has 28 heavy (non-hydrogen) atoms. The fourth-order valence-corrected chi connectivity index (χ4v) is 6.34. The number of hydrogen-bond acceptors (Lipinski definition) is 4. The molecule has 0 aromatic carbocycles. The molecule has 0 unspecified atom stereocenters. The maximum atomic E-state index is 12.8. The van der Waals surface area contributed by atoms with E-state index < -0.39 is 0 Å². The van der Waals surface area contributed by atoms with Crippen molar-refractivity contribution in [2.45, 2.75) is 70.0 Å². The molecule has 1 saturated carbocycles. The molecule has 0 radical (unpaired) electrons. The van der Waals surface area contributed by atoms with Gasteiger partial charge < -0.3 is 15.0 Å². The Morgan fingerprint density at radius 3 is 2.89 bits per heavy atom. The lowest BCUT2D eigenvalue weighted by Crippen LogP contribution is -2.43. The minimum atomic E-state index is -0.0215. The first-order valence-corrected chi connectivity index (χ1v) is 11.3. The summed E-state index contributed by atoms with van der Waals surface area (Å²) in [4.78, 5) is 19.8. The lowest BCUT2D eigenvalue weighted by Gasteiger charge is -2.29. The van der Waals surface area contributed by atoms with Crippen molar-refractivity contribution in [2.24, 2.45) is 17.8 Å². The van der Waals surface area contributed by atoms with Crippen LogP contribution in [0.5, 0.6) is 0 Å². The average molecular weight is 384 g/mol. The fraction of sp³-hybridized carbons (Fsp3) is 0.739. The summed E-state index contributed by atoms with van der Waals surface area (Å²) in [6.45, 7) is 4.86. The van der Waals surface area contributed by atoms with Gasteiger partial charge in [-0.15, -0.1) is 0 Å². The lowest BCUT2D eigenvalue weighted by molar-refractivity contribution is -0.125. The number of aromatic nitrogens is 1. The molecule has 4 heterocycles. The zero-order chi connectivity index (χ0) is 19.1. The first-order valence-electron chi connectivity index (χ1n) is 11.3. The number of nitrogens with zero attached hydrogens (tertiary/aromatic N) is 2. The Labute approximate surface area is 168 Å². The van der Waals surface area contributed by atoms with E-state index in [-0.39, 0.29) is 17.4 Å². The molecule has 1 spiro atoms. The van der Waals surface area contributed by atoms with Crippen LogP contribution in [0.3, 0.4) is 0 Å². The third-order valence-electron chi connectivity index (χ3n) is 7.80. The summed E-state index contributed by atoms with van der Waals surface area (Å²) in [5.74, 6) is 2.56. The van der Waals surface area contributed by atoms with Crippen LogP contribution >= 0.6 is 0 Å². The second kappa shape index (κ2) is 7.33. The number of ether oxygens (including phenoxy) is 1. The Balaban J connectivity index is 1.25. The van der Waals surface area contributed by atoms with Gasteiger partial charge in [-0.3, -0.25) is 4.79 Å². The standard InChI is InChI=1S/C23H33N3O2/c1-16-7-6-12-24-21(16)26-14-19-18(20-10-11-23(19,15-26)28-20)13-25-22(27)17-8-4-2-3-5-9-17/h6-7,12,17-20H,2-5,8-11,13-15H2,1H3,(H,25,27)/t18-,19+,20+,23+/m0/s1.